The highest BCUT2D eigenvalue weighted by Gasteiger charge is 2.19. The van der Waals surface area contributed by atoms with Gasteiger partial charge in [-0.2, -0.15) is 16.7 Å². The van der Waals surface area contributed by atoms with Gasteiger partial charge in [-0.25, -0.2) is 4.98 Å². The summed E-state index contributed by atoms with van der Waals surface area (Å²) in [5, 5.41) is 0. The SMILES string of the molecule is O=CN1CCN(c2nccc(N3CCSCC3)n2)CC1. The van der Waals surface area contributed by atoms with E-state index >= 15 is 0 Å². The molecule has 0 bridgehead atoms. The van der Waals surface area contributed by atoms with Crippen LogP contribution in [-0.4, -0.2) is 72.1 Å². The maximum Gasteiger partial charge on any atom is 0.227 e. The molecular formula is C13H19N5OS. The number of rotatable bonds is 3. The second-order valence-corrected chi connectivity index (χ2v) is 6.17. The molecule has 2 aliphatic heterocycles. The molecule has 2 aliphatic rings. The lowest BCUT2D eigenvalue weighted by Crippen LogP contribution is -2.46. The molecule has 108 valence electrons. The van der Waals surface area contributed by atoms with Crippen LogP contribution in [0.3, 0.4) is 0 Å². The number of carbonyl (C=O) groups is 1. The highest BCUT2D eigenvalue weighted by Crippen LogP contribution is 2.19. The Bertz CT molecular complexity index is 458. The number of aromatic nitrogens is 2. The monoisotopic (exact) mass is 293 g/mol. The van der Waals surface area contributed by atoms with Gasteiger partial charge in [-0.3, -0.25) is 4.79 Å². The third-order valence-electron chi connectivity index (χ3n) is 3.71. The molecule has 1 aromatic rings. The van der Waals surface area contributed by atoms with Gasteiger partial charge in [0.25, 0.3) is 0 Å². The van der Waals surface area contributed by atoms with E-state index in [-0.39, 0.29) is 0 Å². The van der Waals surface area contributed by atoms with Crippen LogP contribution < -0.4 is 9.80 Å². The van der Waals surface area contributed by atoms with Crippen LogP contribution in [0.25, 0.3) is 0 Å². The number of hydrogen-bond acceptors (Lipinski definition) is 6. The zero-order valence-electron chi connectivity index (χ0n) is 11.4. The van der Waals surface area contributed by atoms with E-state index in [2.05, 4.69) is 14.8 Å². The van der Waals surface area contributed by atoms with E-state index < -0.39 is 0 Å². The zero-order chi connectivity index (χ0) is 13.8. The fourth-order valence-corrected chi connectivity index (χ4v) is 3.39. The normalized spacial score (nSPS) is 20.1. The maximum atomic E-state index is 10.7. The quantitative estimate of drug-likeness (QED) is 0.748. The Morgan fingerprint density at radius 2 is 1.80 bits per heavy atom. The van der Waals surface area contributed by atoms with Crippen LogP contribution in [0, 0.1) is 0 Å². The van der Waals surface area contributed by atoms with Crippen molar-refractivity contribution in [2.45, 2.75) is 0 Å². The molecule has 20 heavy (non-hydrogen) atoms. The van der Waals surface area contributed by atoms with Gasteiger partial charge in [-0.15, -0.1) is 0 Å². The van der Waals surface area contributed by atoms with E-state index in [1.165, 1.54) is 0 Å². The average molecular weight is 293 g/mol. The highest BCUT2D eigenvalue weighted by molar-refractivity contribution is 7.99. The number of piperazine rings is 1. The van der Waals surface area contributed by atoms with Crippen molar-refractivity contribution in [3.8, 4) is 0 Å². The first kappa shape index (κ1) is 13.5. The van der Waals surface area contributed by atoms with Crippen molar-refractivity contribution < 1.29 is 4.79 Å². The van der Waals surface area contributed by atoms with Gasteiger partial charge in [0.05, 0.1) is 0 Å². The van der Waals surface area contributed by atoms with Gasteiger partial charge in [0.15, 0.2) is 0 Å². The molecule has 1 aromatic heterocycles. The minimum Gasteiger partial charge on any atom is -0.355 e. The lowest BCUT2D eigenvalue weighted by atomic mass is 10.3. The second-order valence-electron chi connectivity index (χ2n) is 4.94. The van der Waals surface area contributed by atoms with Gasteiger partial charge in [0.1, 0.15) is 5.82 Å². The predicted octanol–water partition coefficient (Wildman–Crippen LogP) is 0.308. The van der Waals surface area contributed by atoms with Crippen molar-refractivity contribution >= 4 is 29.9 Å². The zero-order valence-corrected chi connectivity index (χ0v) is 12.3. The molecule has 6 nitrogen and oxygen atoms in total. The summed E-state index contributed by atoms with van der Waals surface area (Å²) in [5.74, 6) is 4.13. The van der Waals surface area contributed by atoms with E-state index in [4.69, 9.17) is 4.98 Å². The highest BCUT2D eigenvalue weighted by atomic mass is 32.2. The van der Waals surface area contributed by atoms with Gasteiger partial charge >= 0.3 is 0 Å². The lowest BCUT2D eigenvalue weighted by molar-refractivity contribution is -0.118. The van der Waals surface area contributed by atoms with Crippen LogP contribution in [0.2, 0.25) is 0 Å². The summed E-state index contributed by atoms with van der Waals surface area (Å²) in [6, 6.07) is 1.99. The summed E-state index contributed by atoms with van der Waals surface area (Å²) >= 11 is 1.99. The van der Waals surface area contributed by atoms with E-state index in [1.807, 2.05) is 24.0 Å². The minimum atomic E-state index is 0.747. The van der Waals surface area contributed by atoms with Crippen molar-refractivity contribution in [2.24, 2.45) is 0 Å². The van der Waals surface area contributed by atoms with Gasteiger partial charge in [-0.1, -0.05) is 0 Å². The Hall–Kier alpha value is -1.50. The number of anilines is 2. The first-order valence-corrected chi connectivity index (χ1v) is 8.12. The Kier molecular flexibility index (Phi) is 4.25. The molecule has 0 aliphatic carbocycles. The summed E-state index contributed by atoms with van der Waals surface area (Å²) < 4.78 is 0. The molecule has 0 spiro atoms. The summed E-state index contributed by atoms with van der Waals surface area (Å²) in [6.45, 7) is 5.21. The van der Waals surface area contributed by atoms with Gasteiger partial charge < -0.3 is 14.7 Å². The smallest absolute Gasteiger partial charge is 0.227 e. The molecule has 2 saturated heterocycles. The molecule has 0 saturated carbocycles. The largest absolute Gasteiger partial charge is 0.355 e. The van der Waals surface area contributed by atoms with Crippen LogP contribution in [0.5, 0.6) is 0 Å². The Morgan fingerprint density at radius 1 is 1.05 bits per heavy atom. The van der Waals surface area contributed by atoms with Crippen LogP contribution in [0.4, 0.5) is 11.8 Å². The first-order valence-electron chi connectivity index (χ1n) is 6.97. The van der Waals surface area contributed by atoms with E-state index in [9.17, 15) is 4.79 Å². The van der Waals surface area contributed by atoms with Crippen molar-refractivity contribution in [3.05, 3.63) is 12.3 Å². The molecule has 0 unspecified atom stereocenters. The van der Waals surface area contributed by atoms with Crippen LogP contribution >= 0.6 is 11.8 Å². The van der Waals surface area contributed by atoms with Crippen molar-refractivity contribution in [2.75, 3.05) is 60.6 Å². The summed E-state index contributed by atoms with van der Waals surface area (Å²) in [7, 11) is 0. The molecule has 2 fully saturated rings. The van der Waals surface area contributed by atoms with Crippen molar-refractivity contribution in [3.63, 3.8) is 0 Å². The summed E-state index contributed by atoms with van der Waals surface area (Å²) in [5.41, 5.74) is 0. The molecule has 0 atom stereocenters. The molecule has 7 heteroatoms. The van der Waals surface area contributed by atoms with Crippen LogP contribution in [-0.2, 0) is 4.79 Å². The third-order valence-corrected chi connectivity index (χ3v) is 4.65. The van der Waals surface area contributed by atoms with Crippen molar-refractivity contribution in [1.82, 2.24) is 14.9 Å². The number of thioether (sulfide) groups is 1. The van der Waals surface area contributed by atoms with Gasteiger partial charge in [0, 0.05) is 57.0 Å². The summed E-state index contributed by atoms with van der Waals surface area (Å²) in [6.07, 6.45) is 2.76. The summed E-state index contributed by atoms with van der Waals surface area (Å²) in [4.78, 5) is 26.1. The molecule has 0 N–H and O–H groups in total. The van der Waals surface area contributed by atoms with Crippen molar-refractivity contribution in [1.29, 1.82) is 0 Å². The van der Waals surface area contributed by atoms with Gasteiger partial charge in [-0.05, 0) is 6.07 Å². The van der Waals surface area contributed by atoms with Crippen LogP contribution in [0.1, 0.15) is 0 Å². The first-order chi connectivity index (χ1) is 9.86. The third kappa shape index (κ3) is 2.98. The maximum absolute atomic E-state index is 10.7. The second kappa shape index (κ2) is 6.30. The van der Waals surface area contributed by atoms with E-state index in [0.29, 0.717) is 0 Å². The van der Waals surface area contributed by atoms with E-state index in [0.717, 1.165) is 69.0 Å². The Balaban J connectivity index is 1.69. The molecule has 0 radical (unpaired) electrons. The van der Waals surface area contributed by atoms with E-state index in [1.54, 1.807) is 4.90 Å². The number of amides is 1. The fraction of sp³-hybridized carbons (Fsp3) is 0.615. The molecular weight excluding hydrogens is 274 g/mol. The molecule has 0 aromatic carbocycles. The molecule has 3 heterocycles. The number of hydrogen-bond donors (Lipinski definition) is 0. The molecule has 3 rings (SSSR count). The Labute approximate surface area is 123 Å². The van der Waals surface area contributed by atoms with Gasteiger partial charge in [0.2, 0.25) is 12.4 Å². The topological polar surface area (TPSA) is 52.6 Å². The standard InChI is InChI=1S/C13H19N5OS/c19-11-16-3-5-18(6-4-16)13-14-2-1-12(15-13)17-7-9-20-10-8-17/h1-2,11H,3-10H2. The molecule has 1 amide bonds. The Morgan fingerprint density at radius 3 is 2.50 bits per heavy atom. The number of carbonyl (C=O) groups excluding carboxylic acids is 1. The predicted molar refractivity (Wildman–Crippen MR) is 81.4 cm³/mol. The number of nitrogens with zero attached hydrogens (tertiary/aromatic N) is 5. The fourth-order valence-electron chi connectivity index (χ4n) is 2.49. The van der Waals surface area contributed by atoms with Crippen LogP contribution in [0.15, 0.2) is 12.3 Å². The average Bonchev–Trinajstić information content (AvgIpc) is 2.56. The minimum absolute atomic E-state index is 0.747. The lowest BCUT2D eigenvalue weighted by Gasteiger charge is -2.33.